The third-order valence-electron chi connectivity index (χ3n) is 3.96. The molecule has 0 radical (unpaired) electrons. The monoisotopic (exact) mass is 331 g/mol. The first-order valence-corrected chi connectivity index (χ1v) is 7.79. The average Bonchev–Trinajstić information content (AvgIpc) is 3.28. The minimum absolute atomic E-state index is 0.249. The largest absolute Gasteiger partial charge is 0.454 e. The fraction of sp³-hybridized carbons (Fsp3) is 0.0556. The maximum absolute atomic E-state index is 5.39. The van der Waals surface area contributed by atoms with Crippen LogP contribution in [0.25, 0.3) is 17.0 Å². The maximum atomic E-state index is 5.39. The molecule has 0 amide bonds. The SMILES string of the molecule is c1ccn2c(-c3ccnc(Nc4ccc5c(c4)OCO5)n3)cnc2c1. The Morgan fingerprint density at radius 3 is 2.96 bits per heavy atom. The summed E-state index contributed by atoms with van der Waals surface area (Å²) in [6.45, 7) is 0.249. The van der Waals surface area contributed by atoms with Gasteiger partial charge in [0, 0.05) is 24.1 Å². The fourth-order valence-electron chi connectivity index (χ4n) is 2.79. The number of aromatic nitrogens is 4. The number of rotatable bonds is 3. The molecule has 122 valence electrons. The lowest BCUT2D eigenvalue weighted by Crippen LogP contribution is -1.99. The van der Waals surface area contributed by atoms with Gasteiger partial charge in [-0.1, -0.05) is 6.07 Å². The van der Waals surface area contributed by atoms with Crippen LogP contribution >= 0.6 is 0 Å². The molecule has 0 fully saturated rings. The zero-order valence-electron chi connectivity index (χ0n) is 13.1. The molecular weight excluding hydrogens is 318 g/mol. The second-order valence-electron chi connectivity index (χ2n) is 5.53. The number of hydrogen-bond acceptors (Lipinski definition) is 6. The summed E-state index contributed by atoms with van der Waals surface area (Å²) < 4.78 is 12.7. The standard InChI is InChI=1S/C18H13N5O2/c1-2-8-23-14(10-20-17(23)3-1)13-6-7-19-18(22-13)21-12-4-5-15-16(9-12)25-11-24-15/h1-10H,11H2,(H,19,21,22). The molecule has 0 bridgehead atoms. The first kappa shape index (κ1) is 13.8. The fourth-order valence-corrected chi connectivity index (χ4v) is 2.79. The summed E-state index contributed by atoms with van der Waals surface area (Å²) in [5.74, 6) is 1.95. The Kier molecular flexibility index (Phi) is 3.03. The summed E-state index contributed by atoms with van der Waals surface area (Å²) in [4.78, 5) is 13.3. The Labute approximate surface area is 142 Å². The number of pyridine rings is 1. The summed E-state index contributed by atoms with van der Waals surface area (Å²) in [5.41, 5.74) is 3.41. The molecule has 1 aromatic carbocycles. The van der Waals surface area contributed by atoms with Crippen molar-refractivity contribution in [2.75, 3.05) is 12.1 Å². The van der Waals surface area contributed by atoms with Gasteiger partial charge in [-0.2, -0.15) is 0 Å². The molecule has 1 N–H and O–H groups in total. The Balaban J connectivity index is 1.49. The van der Waals surface area contributed by atoms with E-state index in [2.05, 4.69) is 20.3 Å². The van der Waals surface area contributed by atoms with Crippen LogP contribution in [0.15, 0.2) is 61.1 Å². The van der Waals surface area contributed by atoms with Crippen LogP contribution in [0.5, 0.6) is 11.5 Å². The van der Waals surface area contributed by atoms with E-state index in [1.54, 1.807) is 6.20 Å². The van der Waals surface area contributed by atoms with Crippen LogP contribution in [0.1, 0.15) is 0 Å². The van der Waals surface area contributed by atoms with Gasteiger partial charge in [-0.05, 0) is 30.3 Å². The third-order valence-corrected chi connectivity index (χ3v) is 3.96. The molecule has 4 heterocycles. The van der Waals surface area contributed by atoms with Crippen LogP contribution < -0.4 is 14.8 Å². The number of nitrogens with zero attached hydrogens (tertiary/aromatic N) is 4. The number of ether oxygens (including phenoxy) is 2. The quantitative estimate of drug-likeness (QED) is 0.621. The topological polar surface area (TPSA) is 73.6 Å². The summed E-state index contributed by atoms with van der Waals surface area (Å²) >= 11 is 0. The highest BCUT2D eigenvalue weighted by atomic mass is 16.7. The highest BCUT2D eigenvalue weighted by Gasteiger charge is 2.14. The van der Waals surface area contributed by atoms with E-state index in [-0.39, 0.29) is 6.79 Å². The molecule has 3 aromatic heterocycles. The van der Waals surface area contributed by atoms with E-state index in [0.717, 1.165) is 28.5 Å². The van der Waals surface area contributed by atoms with Crippen molar-refractivity contribution in [3.8, 4) is 22.9 Å². The van der Waals surface area contributed by atoms with Gasteiger partial charge in [0.1, 0.15) is 5.65 Å². The predicted molar refractivity (Wildman–Crippen MR) is 92.1 cm³/mol. The van der Waals surface area contributed by atoms with Gasteiger partial charge in [-0.15, -0.1) is 0 Å². The average molecular weight is 331 g/mol. The van der Waals surface area contributed by atoms with Crippen molar-refractivity contribution in [3.63, 3.8) is 0 Å². The van der Waals surface area contributed by atoms with Crippen molar-refractivity contribution in [2.45, 2.75) is 0 Å². The number of imidazole rings is 1. The maximum Gasteiger partial charge on any atom is 0.231 e. The number of benzene rings is 1. The Morgan fingerprint density at radius 1 is 1.00 bits per heavy atom. The summed E-state index contributed by atoms with van der Waals surface area (Å²) in [7, 11) is 0. The Morgan fingerprint density at radius 2 is 1.96 bits per heavy atom. The van der Waals surface area contributed by atoms with Gasteiger partial charge in [0.2, 0.25) is 12.7 Å². The Hall–Kier alpha value is -3.61. The molecule has 0 saturated carbocycles. The second kappa shape index (κ2) is 5.48. The first-order valence-electron chi connectivity index (χ1n) is 7.79. The molecule has 25 heavy (non-hydrogen) atoms. The minimum atomic E-state index is 0.249. The van der Waals surface area contributed by atoms with E-state index < -0.39 is 0 Å². The normalized spacial score (nSPS) is 12.5. The number of hydrogen-bond donors (Lipinski definition) is 1. The van der Waals surface area contributed by atoms with Crippen molar-refractivity contribution in [1.82, 2.24) is 19.4 Å². The molecule has 7 heteroatoms. The molecule has 0 saturated heterocycles. The minimum Gasteiger partial charge on any atom is -0.454 e. The predicted octanol–water partition coefficient (Wildman–Crippen LogP) is 3.26. The summed E-state index contributed by atoms with van der Waals surface area (Å²) in [6.07, 6.45) is 5.49. The van der Waals surface area contributed by atoms with Gasteiger partial charge >= 0.3 is 0 Å². The lowest BCUT2D eigenvalue weighted by Gasteiger charge is -2.07. The van der Waals surface area contributed by atoms with Gasteiger partial charge in [0.05, 0.1) is 17.6 Å². The van der Waals surface area contributed by atoms with Crippen LogP contribution in [0, 0.1) is 0 Å². The van der Waals surface area contributed by atoms with Gasteiger partial charge in [-0.25, -0.2) is 15.0 Å². The van der Waals surface area contributed by atoms with Crippen LogP contribution in [0.3, 0.4) is 0 Å². The van der Waals surface area contributed by atoms with Crippen LogP contribution in [-0.4, -0.2) is 26.1 Å². The van der Waals surface area contributed by atoms with Gasteiger partial charge < -0.3 is 14.8 Å². The molecule has 0 aliphatic carbocycles. The summed E-state index contributed by atoms with van der Waals surface area (Å²) in [5, 5.41) is 3.20. The molecule has 0 spiro atoms. The molecular formula is C18H13N5O2. The van der Waals surface area contributed by atoms with Crippen molar-refractivity contribution in [3.05, 3.63) is 61.1 Å². The molecule has 0 atom stereocenters. The molecule has 4 aromatic rings. The van der Waals surface area contributed by atoms with E-state index in [1.165, 1.54) is 0 Å². The van der Waals surface area contributed by atoms with Crippen molar-refractivity contribution in [2.24, 2.45) is 0 Å². The number of anilines is 2. The smallest absolute Gasteiger partial charge is 0.231 e. The second-order valence-corrected chi connectivity index (χ2v) is 5.53. The molecule has 0 unspecified atom stereocenters. The molecule has 7 nitrogen and oxygen atoms in total. The van der Waals surface area contributed by atoms with Crippen LogP contribution in [-0.2, 0) is 0 Å². The van der Waals surface area contributed by atoms with E-state index in [0.29, 0.717) is 11.7 Å². The van der Waals surface area contributed by atoms with E-state index in [9.17, 15) is 0 Å². The number of fused-ring (bicyclic) bond motifs is 2. The van der Waals surface area contributed by atoms with Gasteiger partial charge in [0.15, 0.2) is 11.5 Å². The van der Waals surface area contributed by atoms with E-state index in [1.807, 2.05) is 59.3 Å². The summed E-state index contributed by atoms with van der Waals surface area (Å²) in [6, 6.07) is 13.4. The van der Waals surface area contributed by atoms with E-state index >= 15 is 0 Å². The van der Waals surface area contributed by atoms with E-state index in [4.69, 9.17) is 9.47 Å². The van der Waals surface area contributed by atoms with Crippen molar-refractivity contribution < 1.29 is 9.47 Å². The molecule has 1 aliphatic rings. The zero-order valence-corrected chi connectivity index (χ0v) is 13.1. The third kappa shape index (κ3) is 2.42. The van der Waals surface area contributed by atoms with Crippen molar-refractivity contribution in [1.29, 1.82) is 0 Å². The van der Waals surface area contributed by atoms with Gasteiger partial charge in [-0.3, -0.25) is 4.40 Å². The van der Waals surface area contributed by atoms with Crippen molar-refractivity contribution >= 4 is 17.3 Å². The first-order chi connectivity index (χ1) is 12.4. The lowest BCUT2D eigenvalue weighted by molar-refractivity contribution is 0.174. The molecule has 5 rings (SSSR count). The molecule has 1 aliphatic heterocycles. The van der Waals surface area contributed by atoms with Crippen LogP contribution in [0.4, 0.5) is 11.6 Å². The highest BCUT2D eigenvalue weighted by molar-refractivity contribution is 5.64. The number of nitrogens with one attached hydrogen (secondary N) is 1. The highest BCUT2D eigenvalue weighted by Crippen LogP contribution is 2.34. The zero-order chi connectivity index (χ0) is 16.6. The Bertz CT molecular complexity index is 1080. The van der Waals surface area contributed by atoms with Gasteiger partial charge in [0.25, 0.3) is 0 Å². The lowest BCUT2D eigenvalue weighted by atomic mass is 10.3. The van der Waals surface area contributed by atoms with Crippen LogP contribution in [0.2, 0.25) is 0 Å².